The highest BCUT2D eigenvalue weighted by Gasteiger charge is 2.23. The summed E-state index contributed by atoms with van der Waals surface area (Å²) in [6.45, 7) is 5.58. The quantitative estimate of drug-likeness (QED) is 0.750. The van der Waals surface area contributed by atoms with Crippen LogP contribution in [-0.4, -0.2) is 23.8 Å². The SMILES string of the molecule is CC(C)(C)OC(=O)N[C@H]1CCC[C@H](N)C1.Cl. The zero-order chi connectivity index (χ0) is 11.5. The van der Waals surface area contributed by atoms with Gasteiger partial charge >= 0.3 is 6.09 Å². The van der Waals surface area contributed by atoms with E-state index in [1.165, 1.54) is 0 Å². The second-order valence-corrected chi connectivity index (χ2v) is 5.27. The van der Waals surface area contributed by atoms with Crippen LogP contribution in [0.15, 0.2) is 0 Å². The molecule has 1 aliphatic carbocycles. The van der Waals surface area contributed by atoms with Crippen LogP contribution in [0.3, 0.4) is 0 Å². The van der Waals surface area contributed by atoms with Gasteiger partial charge < -0.3 is 15.8 Å². The maximum atomic E-state index is 11.5. The van der Waals surface area contributed by atoms with Crippen molar-refractivity contribution in [1.82, 2.24) is 5.32 Å². The lowest BCUT2D eigenvalue weighted by atomic mass is 9.92. The van der Waals surface area contributed by atoms with E-state index in [0.29, 0.717) is 0 Å². The molecule has 0 aromatic rings. The Bertz CT molecular complexity index is 229. The van der Waals surface area contributed by atoms with Gasteiger partial charge in [-0.05, 0) is 46.5 Å². The van der Waals surface area contributed by atoms with Crippen LogP contribution >= 0.6 is 12.4 Å². The molecule has 1 saturated carbocycles. The van der Waals surface area contributed by atoms with Crippen LogP contribution in [0.5, 0.6) is 0 Å². The number of carbonyl (C=O) groups excluding carboxylic acids is 1. The van der Waals surface area contributed by atoms with Gasteiger partial charge in [-0.1, -0.05) is 0 Å². The maximum Gasteiger partial charge on any atom is 0.407 e. The van der Waals surface area contributed by atoms with Gasteiger partial charge in [0, 0.05) is 12.1 Å². The number of halogens is 1. The van der Waals surface area contributed by atoms with Crippen molar-refractivity contribution in [1.29, 1.82) is 0 Å². The number of alkyl carbamates (subject to hydrolysis) is 1. The monoisotopic (exact) mass is 250 g/mol. The third-order valence-electron chi connectivity index (χ3n) is 2.44. The molecular formula is C11H23ClN2O2. The minimum atomic E-state index is -0.430. The number of nitrogens with one attached hydrogen (secondary N) is 1. The maximum absolute atomic E-state index is 11.5. The molecule has 1 amide bonds. The van der Waals surface area contributed by atoms with Crippen LogP contribution in [0.25, 0.3) is 0 Å². The van der Waals surface area contributed by atoms with Crippen LogP contribution in [0.4, 0.5) is 4.79 Å². The summed E-state index contributed by atoms with van der Waals surface area (Å²) in [6.07, 6.45) is 3.68. The Labute approximate surface area is 104 Å². The first-order valence-electron chi connectivity index (χ1n) is 5.62. The highest BCUT2D eigenvalue weighted by atomic mass is 35.5. The first kappa shape index (κ1) is 15.5. The molecule has 0 aliphatic heterocycles. The molecule has 0 spiro atoms. The molecule has 1 rings (SSSR count). The van der Waals surface area contributed by atoms with E-state index in [0.717, 1.165) is 25.7 Å². The summed E-state index contributed by atoms with van der Waals surface area (Å²) >= 11 is 0. The smallest absolute Gasteiger partial charge is 0.407 e. The molecule has 0 heterocycles. The van der Waals surface area contributed by atoms with Gasteiger partial charge in [0.05, 0.1) is 0 Å². The molecule has 1 fully saturated rings. The topological polar surface area (TPSA) is 64.3 Å². The van der Waals surface area contributed by atoms with Gasteiger partial charge in [0.1, 0.15) is 5.60 Å². The summed E-state index contributed by atoms with van der Waals surface area (Å²) in [6, 6.07) is 0.405. The van der Waals surface area contributed by atoms with Crippen molar-refractivity contribution in [3.63, 3.8) is 0 Å². The Kier molecular flexibility index (Phi) is 6.11. The molecule has 3 N–H and O–H groups in total. The summed E-state index contributed by atoms with van der Waals surface area (Å²) < 4.78 is 5.18. The fourth-order valence-electron chi connectivity index (χ4n) is 1.83. The lowest BCUT2D eigenvalue weighted by Crippen LogP contribution is -2.44. The van der Waals surface area contributed by atoms with Crippen molar-refractivity contribution in [3.8, 4) is 0 Å². The summed E-state index contributed by atoms with van der Waals surface area (Å²) in [5.74, 6) is 0. The van der Waals surface area contributed by atoms with E-state index in [1.54, 1.807) is 0 Å². The Morgan fingerprint density at radius 2 is 2.00 bits per heavy atom. The van der Waals surface area contributed by atoms with Crippen LogP contribution in [-0.2, 0) is 4.74 Å². The van der Waals surface area contributed by atoms with Gasteiger partial charge in [-0.2, -0.15) is 0 Å². The number of hydrogen-bond acceptors (Lipinski definition) is 3. The number of hydrogen-bond donors (Lipinski definition) is 2. The summed E-state index contributed by atoms with van der Waals surface area (Å²) in [5, 5.41) is 2.86. The van der Waals surface area contributed by atoms with Gasteiger partial charge in [-0.25, -0.2) is 4.79 Å². The molecule has 0 aromatic carbocycles. The van der Waals surface area contributed by atoms with Crippen molar-refractivity contribution in [2.24, 2.45) is 5.73 Å². The minimum absolute atomic E-state index is 0. The van der Waals surface area contributed by atoms with E-state index in [1.807, 2.05) is 20.8 Å². The molecule has 0 saturated heterocycles. The van der Waals surface area contributed by atoms with E-state index >= 15 is 0 Å². The molecule has 4 nitrogen and oxygen atoms in total. The first-order chi connectivity index (χ1) is 6.87. The van der Waals surface area contributed by atoms with Crippen molar-refractivity contribution >= 4 is 18.5 Å². The van der Waals surface area contributed by atoms with Crippen molar-refractivity contribution < 1.29 is 9.53 Å². The minimum Gasteiger partial charge on any atom is -0.444 e. The number of rotatable bonds is 1. The number of carbonyl (C=O) groups is 1. The zero-order valence-electron chi connectivity index (χ0n) is 10.3. The van der Waals surface area contributed by atoms with Gasteiger partial charge in [0.15, 0.2) is 0 Å². The van der Waals surface area contributed by atoms with E-state index in [9.17, 15) is 4.79 Å². The van der Waals surface area contributed by atoms with Crippen LogP contribution in [0.1, 0.15) is 46.5 Å². The average Bonchev–Trinajstić information content (AvgIpc) is 1.99. The molecule has 96 valence electrons. The Balaban J connectivity index is 0.00000225. The standard InChI is InChI=1S/C11H22N2O2.ClH/c1-11(2,3)15-10(14)13-9-6-4-5-8(12)7-9;/h8-9H,4-7,12H2,1-3H3,(H,13,14);1H/t8-,9-;/m0./s1. The molecule has 0 unspecified atom stereocenters. The lowest BCUT2D eigenvalue weighted by Gasteiger charge is -2.28. The fourth-order valence-corrected chi connectivity index (χ4v) is 1.83. The van der Waals surface area contributed by atoms with E-state index in [4.69, 9.17) is 10.5 Å². The fraction of sp³-hybridized carbons (Fsp3) is 0.909. The van der Waals surface area contributed by atoms with E-state index in [-0.39, 0.29) is 30.6 Å². The van der Waals surface area contributed by atoms with Crippen molar-refractivity contribution in [3.05, 3.63) is 0 Å². The molecule has 5 heteroatoms. The predicted molar refractivity (Wildman–Crippen MR) is 66.8 cm³/mol. The van der Waals surface area contributed by atoms with Crippen LogP contribution in [0.2, 0.25) is 0 Å². The summed E-state index contributed by atoms with van der Waals surface area (Å²) in [4.78, 5) is 11.5. The second-order valence-electron chi connectivity index (χ2n) is 5.27. The van der Waals surface area contributed by atoms with Crippen molar-refractivity contribution in [2.45, 2.75) is 64.1 Å². The van der Waals surface area contributed by atoms with Gasteiger partial charge in [0.2, 0.25) is 0 Å². The van der Waals surface area contributed by atoms with Crippen LogP contribution in [0, 0.1) is 0 Å². The van der Waals surface area contributed by atoms with Crippen LogP contribution < -0.4 is 11.1 Å². The molecular weight excluding hydrogens is 228 g/mol. The van der Waals surface area contributed by atoms with Gasteiger partial charge in [-0.15, -0.1) is 12.4 Å². The summed E-state index contributed by atoms with van der Waals surface area (Å²) in [7, 11) is 0. The zero-order valence-corrected chi connectivity index (χ0v) is 11.1. The Morgan fingerprint density at radius 3 is 2.50 bits per heavy atom. The third kappa shape index (κ3) is 6.18. The molecule has 0 bridgehead atoms. The molecule has 16 heavy (non-hydrogen) atoms. The normalized spacial score (nSPS) is 25.5. The van der Waals surface area contributed by atoms with Crippen molar-refractivity contribution in [2.75, 3.05) is 0 Å². The highest BCUT2D eigenvalue weighted by Crippen LogP contribution is 2.17. The molecule has 0 radical (unpaired) electrons. The van der Waals surface area contributed by atoms with E-state index in [2.05, 4.69) is 5.32 Å². The molecule has 0 aromatic heterocycles. The Morgan fingerprint density at radius 1 is 1.38 bits per heavy atom. The second kappa shape index (κ2) is 6.30. The summed E-state index contributed by atoms with van der Waals surface area (Å²) in [5.41, 5.74) is 5.41. The predicted octanol–water partition coefficient (Wildman–Crippen LogP) is 2.20. The van der Waals surface area contributed by atoms with E-state index < -0.39 is 5.60 Å². The molecule has 1 aliphatic rings. The number of nitrogens with two attached hydrogens (primary N) is 1. The Hall–Kier alpha value is -0.480. The van der Waals surface area contributed by atoms with Gasteiger partial charge in [0.25, 0.3) is 0 Å². The molecule has 2 atom stereocenters. The average molecular weight is 251 g/mol. The largest absolute Gasteiger partial charge is 0.444 e. The van der Waals surface area contributed by atoms with Gasteiger partial charge in [-0.3, -0.25) is 0 Å². The number of ether oxygens (including phenoxy) is 1. The highest BCUT2D eigenvalue weighted by molar-refractivity contribution is 5.85. The first-order valence-corrected chi connectivity index (χ1v) is 5.62. The third-order valence-corrected chi connectivity index (χ3v) is 2.44. The number of amides is 1. The lowest BCUT2D eigenvalue weighted by molar-refractivity contribution is 0.0491.